The number of carboxylic acid groups (broad SMARTS) is 1. The molecule has 0 aliphatic carbocycles. The molecular weight excluding hydrogens is 414 g/mol. The summed E-state index contributed by atoms with van der Waals surface area (Å²) in [4.78, 5) is 23.3. The molecule has 166 valence electrons. The molecule has 0 radical (unpaired) electrons. The molecule has 0 aliphatic rings. The van der Waals surface area contributed by atoms with Crippen molar-refractivity contribution in [2.24, 2.45) is 0 Å². The van der Waals surface area contributed by atoms with Crippen molar-refractivity contribution in [1.29, 1.82) is 0 Å². The summed E-state index contributed by atoms with van der Waals surface area (Å²) in [5.41, 5.74) is 4.11. The Labute approximate surface area is 192 Å². The second-order valence-electron chi connectivity index (χ2n) is 7.81. The summed E-state index contributed by atoms with van der Waals surface area (Å²) in [7, 11) is 0. The molecule has 0 fully saturated rings. The number of aromatic amines is 1. The maximum atomic E-state index is 11.2. The summed E-state index contributed by atoms with van der Waals surface area (Å²) in [5, 5.41) is 10.3. The van der Waals surface area contributed by atoms with Gasteiger partial charge in [-0.15, -0.1) is 5.92 Å². The van der Waals surface area contributed by atoms with Crippen LogP contribution in [0.15, 0.2) is 67.1 Å². The normalized spacial score (nSPS) is 12.5. The van der Waals surface area contributed by atoms with E-state index in [0.29, 0.717) is 18.0 Å². The average Bonchev–Trinajstić information content (AvgIpc) is 3.30. The van der Waals surface area contributed by atoms with Crippen molar-refractivity contribution in [2.45, 2.75) is 38.7 Å². The molecule has 6 heteroatoms. The summed E-state index contributed by atoms with van der Waals surface area (Å²) in [5.74, 6) is 5.96. The molecule has 2 atom stereocenters. The van der Waals surface area contributed by atoms with Gasteiger partial charge in [0.1, 0.15) is 17.7 Å². The first-order valence-electron chi connectivity index (χ1n) is 10.8. The predicted molar refractivity (Wildman–Crippen MR) is 127 cm³/mol. The van der Waals surface area contributed by atoms with E-state index in [2.05, 4.69) is 45.8 Å². The fourth-order valence-electron chi connectivity index (χ4n) is 4.00. The van der Waals surface area contributed by atoms with Crippen molar-refractivity contribution in [3.8, 4) is 17.6 Å². The van der Waals surface area contributed by atoms with Gasteiger partial charge < -0.3 is 14.8 Å². The van der Waals surface area contributed by atoms with Gasteiger partial charge >= 0.3 is 5.97 Å². The van der Waals surface area contributed by atoms with E-state index >= 15 is 0 Å². The van der Waals surface area contributed by atoms with E-state index < -0.39 is 5.97 Å². The van der Waals surface area contributed by atoms with E-state index in [4.69, 9.17) is 4.74 Å². The quantitative estimate of drug-likeness (QED) is 0.368. The maximum Gasteiger partial charge on any atom is 0.304 e. The van der Waals surface area contributed by atoms with Gasteiger partial charge in [0, 0.05) is 30.5 Å². The topological polar surface area (TPSA) is 88.1 Å². The molecule has 6 nitrogen and oxygen atoms in total. The number of hydrogen-bond acceptors (Lipinski definition) is 4. The molecule has 2 N–H and O–H groups in total. The Morgan fingerprint density at radius 2 is 1.88 bits per heavy atom. The van der Waals surface area contributed by atoms with Crippen molar-refractivity contribution in [3.05, 3.63) is 89.6 Å². The molecule has 0 amide bonds. The first-order chi connectivity index (χ1) is 16.0. The summed E-state index contributed by atoms with van der Waals surface area (Å²) in [6.45, 7) is 3.80. The number of hydrogen-bond donors (Lipinski definition) is 2. The Hall–Kier alpha value is -4.11. The van der Waals surface area contributed by atoms with Crippen LogP contribution in [0.25, 0.3) is 10.9 Å². The van der Waals surface area contributed by atoms with Crippen molar-refractivity contribution in [3.63, 3.8) is 0 Å². The van der Waals surface area contributed by atoms with Crippen molar-refractivity contribution < 1.29 is 14.6 Å². The Balaban J connectivity index is 1.64. The molecule has 0 saturated carbocycles. The number of fused-ring (bicyclic) bond motifs is 1. The monoisotopic (exact) mass is 439 g/mol. The van der Waals surface area contributed by atoms with E-state index in [-0.39, 0.29) is 18.4 Å². The second kappa shape index (κ2) is 10.0. The highest BCUT2D eigenvalue weighted by Gasteiger charge is 2.20. The Morgan fingerprint density at radius 3 is 2.58 bits per heavy atom. The Morgan fingerprint density at radius 1 is 1.12 bits per heavy atom. The number of ether oxygens (including phenoxy) is 1. The fourth-order valence-corrected chi connectivity index (χ4v) is 4.00. The van der Waals surface area contributed by atoms with Gasteiger partial charge in [-0.2, -0.15) is 0 Å². The van der Waals surface area contributed by atoms with Gasteiger partial charge in [-0.25, -0.2) is 9.97 Å². The maximum absolute atomic E-state index is 11.2. The van der Waals surface area contributed by atoms with Crippen LogP contribution >= 0.6 is 0 Å². The summed E-state index contributed by atoms with van der Waals surface area (Å²) in [6, 6.07) is 15.5. The molecule has 0 spiro atoms. The van der Waals surface area contributed by atoms with Crippen molar-refractivity contribution in [2.75, 3.05) is 0 Å². The highest BCUT2D eigenvalue weighted by atomic mass is 16.5. The highest BCUT2D eigenvalue weighted by Crippen LogP contribution is 2.31. The van der Waals surface area contributed by atoms with E-state index in [1.165, 1.54) is 0 Å². The molecule has 33 heavy (non-hydrogen) atoms. The van der Waals surface area contributed by atoms with Gasteiger partial charge in [0.2, 0.25) is 0 Å². The molecule has 4 rings (SSSR count). The molecule has 2 aromatic heterocycles. The van der Waals surface area contributed by atoms with Gasteiger partial charge in [0.15, 0.2) is 0 Å². The van der Waals surface area contributed by atoms with Crippen LogP contribution in [0, 0.1) is 18.8 Å². The average molecular weight is 440 g/mol. The highest BCUT2D eigenvalue weighted by molar-refractivity contribution is 5.83. The number of aromatic nitrogens is 3. The van der Waals surface area contributed by atoms with Gasteiger partial charge in [-0.05, 0) is 60.2 Å². The molecule has 0 aliphatic heterocycles. The minimum atomic E-state index is -0.874. The standard InChI is InChI=1S/C27H25N3O3/c1-3-5-21(16-26(31)32)19-6-9-22(10-7-19)33-24(17-25-28-13-4-14-29-25)23-11-8-20-12-15-30-27(20)18(23)2/h4,6-15,21,24,30H,16-17H2,1-2H3,(H,31,32). The van der Waals surface area contributed by atoms with E-state index in [1.54, 1.807) is 25.4 Å². The smallest absolute Gasteiger partial charge is 0.304 e. The minimum Gasteiger partial charge on any atom is -0.485 e. The van der Waals surface area contributed by atoms with Crippen molar-refractivity contribution in [1.82, 2.24) is 15.0 Å². The largest absolute Gasteiger partial charge is 0.485 e. The Kier molecular flexibility index (Phi) is 6.70. The van der Waals surface area contributed by atoms with Crippen molar-refractivity contribution >= 4 is 16.9 Å². The van der Waals surface area contributed by atoms with Crippen LogP contribution in [0.1, 0.15) is 47.9 Å². The van der Waals surface area contributed by atoms with Crippen LogP contribution in [-0.2, 0) is 11.2 Å². The Bertz CT molecular complexity index is 1300. The lowest BCUT2D eigenvalue weighted by Crippen LogP contribution is -2.14. The zero-order valence-corrected chi connectivity index (χ0v) is 18.6. The lowest BCUT2D eigenvalue weighted by Gasteiger charge is -2.22. The van der Waals surface area contributed by atoms with Crippen LogP contribution in [-0.4, -0.2) is 26.0 Å². The number of aliphatic carboxylic acids is 1. The number of nitrogens with zero attached hydrogens (tertiary/aromatic N) is 2. The number of carboxylic acids is 1. The van der Waals surface area contributed by atoms with Gasteiger partial charge in [0.25, 0.3) is 0 Å². The SMILES string of the molecule is CC#CC(CC(=O)O)c1ccc(OC(Cc2ncccn2)c2ccc3cc[nH]c3c2C)cc1. The zero-order valence-electron chi connectivity index (χ0n) is 18.6. The third kappa shape index (κ3) is 5.21. The third-order valence-corrected chi connectivity index (χ3v) is 5.62. The van der Waals surface area contributed by atoms with Crippen LogP contribution in [0.2, 0.25) is 0 Å². The van der Waals surface area contributed by atoms with Crippen LogP contribution in [0.5, 0.6) is 5.75 Å². The van der Waals surface area contributed by atoms with E-state index in [0.717, 1.165) is 27.6 Å². The fraction of sp³-hybridized carbons (Fsp3) is 0.222. The minimum absolute atomic E-state index is 0.0373. The molecule has 2 unspecified atom stereocenters. The van der Waals surface area contributed by atoms with Crippen LogP contribution in [0.4, 0.5) is 0 Å². The first-order valence-corrected chi connectivity index (χ1v) is 10.8. The predicted octanol–water partition coefficient (Wildman–Crippen LogP) is 5.21. The second-order valence-corrected chi connectivity index (χ2v) is 7.81. The van der Waals surface area contributed by atoms with Crippen LogP contribution < -0.4 is 4.74 Å². The summed E-state index contributed by atoms with van der Waals surface area (Å²) < 4.78 is 6.44. The van der Waals surface area contributed by atoms with Crippen LogP contribution in [0.3, 0.4) is 0 Å². The number of rotatable bonds is 8. The van der Waals surface area contributed by atoms with Gasteiger partial charge in [0.05, 0.1) is 12.3 Å². The summed E-state index contributed by atoms with van der Waals surface area (Å²) in [6.07, 6.45) is 5.57. The number of H-pyrrole nitrogens is 1. The number of aryl methyl sites for hydroxylation is 1. The molecule has 2 heterocycles. The number of benzene rings is 2. The number of nitrogens with one attached hydrogen (secondary N) is 1. The first kappa shape index (κ1) is 22.1. The molecule has 0 saturated heterocycles. The van der Waals surface area contributed by atoms with E-state index in [9.17, 15) is 9.90 Å². The lowest BCUT2D eigenvalue weighted by molar-refractivity contribution is -0.137. The van der Waals surface area contributed by atoms with E-state index in [1.807, 2.05) is 36.5 Å². The summed E-state index contributed by atoms with van der Waals surface area (Å²) >= 11 is 0. The number of carbonyl (C=O) groups is 1. The van der Waals surface area contributed by atoms with Gasteiger partial charge in [-0.3, -0.25) is 4.79 Å². The van der Waals surface area contributed by atoms with Gasteiger partial charge in [-0.1, -0.05) is 30.2 Å². The molecular formula is C27H25N3O3. The molecule has 0 bridgehead atoms. The molecule has 2 aromatic carbocycles. The zero-order chi connectivity index (χ0) is 23.2. The molecule has 4 aromatic rings. The third-order valence-electron chi connectivity index (χ3n) is 5.62. The lowest BCUT2D eigenvalue weighted by atomic mass is 9.96.